The maximum absolute atomic E-state index is 5.68. The van der Waals surface area contributed by atoms with Gasteiger partial charge in [-0.1, -0.05) is 59.4 Å². The zero-order chi connectivity index (χ0) is 16.2. The molecule has 2 heterocycles. The van der Waals surface area contributed by atoms with Gasteiger partial charge in [-0.3, -0.25) is 0 Å². The van der Waals surface area contributed by atoms with E-state index in [1.807, 2.05) is 54.6 Å². The summed E-state index contributed by atoms with van der Waals surface area (Å²) in [6.45, 7) is 0. The third-order valence-corrected chi connectivity index (χ3v) is 4.45. The van der Waals surface area contributed by atoms with Gasteiger partial charge in [0.2, 0.25) is 11.7 Å². The van der Waals surface area contributed by atoms with Crippen LogP contribution in [0.25, 0.3) is 22.5 Å². The van der Waals surface area contributed by atoms with Crippen molar-refractivity contribution in [2.45, 2.75) is 18.1 Å². The van der Waals surface area contributed by atoms with Crippen LogP contribution in [0.1, 0.15) is 12.3 Å². The highest BCUT2D eigenvalue weighted by molar-refractivity contribution is 7.99. The normalized spacial score (nSPS) is 11.2. The lowest BCUT2D eigenvalue weighted by Crippen LogP contribution is -1.88. The number of fused-ring (bicyclic) bond motifs is 1. The first kappa shape index (κ1) is 15.0. The van der Waals surface area contributed by atoms with Gasteiger partial charge in [-0.2, -0.15) is 4.98 Å². The summed E-state index contributed by atoms with van der Waals surface area (Å²) in [7, 11) is 0. The summed E-state index contributed by atoms with van der Waals surface area (Å²) in [6, 6.07) is 17.6. The van der Waals surface area contributed by atoms with Gasteiger partial charge in [0.1, 0.15) is 5.52 Å². The zero-order valence-corrected chi connectivity index (χ0v) is 13.7. The van der Waals surface area contributed by atoms with Crippen LogP contribution in [-0.2, 0) is 6.42 Å². The van der Waals surface area contributed by atoms with Gasteiger partial charge in [-0.25, -0.2) is 4.98 Å². The van der Waals surface area contributed by atoms with E-state index < -0.39 is 0 Å². The molecule has 0 aliphatic rings. The van der Waals surface area contributed by atoms with E-state index in [2.05, 4.69) is 15.1 Å². The fourth-order valence-corrected chi connectivity index (χ4v) is 3.13. The van der Waals surface area contributed by atoms with Gasteiger partial charge in [0, 0.05) is 17.7 Å². The van der Waals surface area contributed by atoms with Crippen molar-refractivity contribution in [3.63, 3.8) is 0 Å². The van der Waals surface area contributed by atoms with Crippen molar-refractivity contribution >= 4 is 22.9 Å². The van der Waals surface area contributed by atoms with Crippen molar-refractivity contribution < 1.29 is 8.94 Å². The van der Waals surface area contributed by atoms with Crippen molar-refractivity contribution in [2.75, 3.05) is 5.75 Å². The van der Waals surface area contributed by atoms with E-state index in [0.717, 1.165) is 35.3 Å². The molecule has 0 fully saturated rings. The molecule has 0 spiro atoms. The van der Waals surface area contributed by atoms with E-state index in [9.17, 15) is 0 Å². The maximum atomic E-state index is 5.68. The zero-order valence-electron chi connectivity index (χ0n) is 12.9. The highest BCUT2D eigenvalue weighted by Crippen LogP contribution is 2.24. The second kappa shape index (κ2) is 6.88. The summed E-state index contributed by atoms with van der Waals surface area (Å²) in [5.41, 5.74) is 2.68. The molecule has 4 aromatic rings. The molecule has 24 heavy (non-hydrogen) atoms. The Morgan fingerprint density at radius 2 is 1.75 bits per heavy atom. The van der Waals surface area contributed by atoms with E-state index in [1.165, 1.54) is 0 Å². The minimum Gasteiger partial charge on any atom is -0.431 e. The summed E-state index contributed by atoms with van der Waals surface area (Å²) >= 11 is 1.60. The van der Waals surface area contributed by atoms with Crippen LogP contribution < -0.4 is 0 Å². The second-order valence-electron chi connectivity index (χ2n) is 5.28. The van der Waals surface area contributed by atoms with Crippen LogP contribution in [0.4, 0.5) is 0 Å². The Labute approximate surface area is 143 Å². The molecule has 0 bridgehead atoms. The molecule has 0 aliphatic carbocycles. The average molecular weight is 337 g/mol. The van der Waals surface area contributed by atoms with Crippen LogP contribution in [-0.4, -0.2) is 20.9 Å². The number of rotatable bonds is 6. The summed E-state index contributed by atoms with van der Waals surface area (Å²) in [5.74, 6) is 2.18. The van der Waals surface area contributed by atoms with E-state index >= 15 is 0 Å². The molecule has 2 aromatic carbocycles. The lowest BCUT2D eigenvalue weighted by molar-refractivity contribution is 0.378. The largest absolute Gasteiger partial charge is 0.431 e. The van der Waals surface area contributed by atoms with E-state index in [4.69, 9.17) is 8.94 Å². The third kappa shape index (κ3) is 3.33. The first-order valence-electron chi connectivity index (χ1n) is 7.75. The minimum atomic E-state index is 0.636. The van der Waals surface area contributed by atoms with Crippen LogP contribution in [0.2, 0.25) is 0 Å². The molecule has 0 saturated carbocycles. The van der Waals surface area contributed by atoms with Crippen molar-refractivity contribution in [2.24, 2.45) is 0 Å². The molecule has 0 aliphatic heterocycles. The number of hydrogen-bond acceptors (Lipinski definition) is 6. The van der Waals surface area contributed by atoms with Crippen molar-refractivity contribution in [1.82, 2.24) is 15.1 Å². The lowest BCUT2D eigenvalue weighted by Gasteiger charge is -1.94. The van der Waals surface area contributed by atoms with E-state index in [1.54, 1.807) is 11.8 Å². The molecule has 6 heteroatoms. The molecule has 5 nitrogen and oxygen atoms in total. The molecule has 4 rings (SSSR count). The number of oxazole rings is 1. The minimum absolute atomic E-state index is 0.636. The lowest BCUT2D eigenvalue weighted by atomic mass is 10.2. The first-order chi connectivity index (χ1) is 11.9. The number of hydrogen-bond donors (Lipinski definition) is 0. The highest BCUT2D eigenvalue weighted by atomic mass is 32.2. The fourth-order valence-electron chi connectivity index (χ4n) is 2.36. The molecule has 0 radical (unpaired) electrons. The van der Waals surface area contributed by atoms with Crippen LogP contribution in [0, 0.1) is 0 Å². The quantitative estimate of drug-likeness (QED) is 0.378. The number of para-hydroxylation sites is 2. The summed E-state index contributed by atoms with van der Waals surface area (Å²) in [6.07, 6.45) is 1.66. The molecule has 0 saturated heterocycles. The molecule has 0 atom stereocenters. The smallest absolute Gasteiger partial charge is 0.256 e. The van der Waals surface area contributed by atoms with Gasteiger partial charge in [-0.05, 0) is 18.6 Å². The summed E-state index contributed by atoms with van der Waals surface area (Å²) < 4.78 is 11.0. The van der Waals surface area contributed by atoms with Crippen LogP contribution in [0.5, 0.6) is 0 Å². The van der Waals surface area contributed by atoms with Crippen molar-refractivity contribution in [1.29, 1.82) is 0 Å². The third-order valence-electron chi connectivity index (χ3n) is 3.53. The van der Waals surface area contributed by atoms with Gasteiger partial charge < -0.3 is 8.94 Å². The first-order valence-corrected chi connectivity index (χ1v) is 8.73. The molecule has 0 amide bonds. The summed E-state index contributed by atoms with van der Waals surface area (Å²) in [4.78, 5) is 8.88. The van der Waals surface area contributed by atoms with Gasteiger partial charge >= 0.3 is 0 Å². The number of aromatic nitrogens is 3. The van der Waals surface area contributed by atoms with Crippen molar-refractivity contribution in [3.05, 3.63) is 60.5 Å². The summed E-state index contributed by atoms with van der Waals surface area (Å²) in [5, 5.41) is 4.73. The number of nitrogens with zero attached hydrogens (tertiary/aromatic N) is 3. The van der Waals surface area contributed by atoms with Gasteiger partial charge in [0.15, 0.2) is 5.58 Å². The average Bonchev–Trinajstić information content (AvgIpc) is 3.26. The Morgan fingerprint density at radius 1 is 0.917 bits per heavy atom. The predicted octanol–water partition coefficient (Wildman–Crippen LogP) is 4.60. The standard InChI is InChI=1S/C18H15N3O2S/c1-2-7-13(8-3-1)17-20-16(23-21-17)11-6-12-24-18-19-14-9-4-5-10-15(14)22-18/h1-5,7-10H,6,11-12H2. The maximum Gasteiger partial charge on any atom is 0.256 e. The Hall–Kier alpha value is -2.60. The topological polar surface area (TPSA) is 65.0 Å². The van der Waals surface area contributed by atoms with E-state index in [0.29, 0.717) is 16.9 Å². The molecule has 0 unspecified atom stereocenters. The van der Waals surface area contributed by atoms with Crippen LogP contribution in [0.15, 0.2) is 68.8 Å². The molecule has 2 aromatic heterocycles. The fraction of sp³-hybridized carbons (Fsp3) is 0.167. The molecule has 120 valence electrons. The number of thioether (sulfide) groups is 1. The van der Waals surface area contributed by atoms with Gasteiger partial charge in [0.05, 0.1) is 0 Å². The monoisotopic (exact) mass is 337 g/mol. The van der Waals surface area contributed by atoms with Crippen LogP contribution in [0.3, 0.4) is 0 Å². The Balaban J connectivity index is 1.30. The predicted molar refractivity (Wildman–Crippen MR) is 92.8 cm³/mol. The Bertz CT molecular complexity index is 901. The van der Waals surface area contributed by atoms with Gasteiger partial charge in [-0.15, -0.1) is 0 Å². The number of benzene rings is 2. The second-order valence-corrected chi connectivity index (χ2v) is 6.32. The van der Waals surface area contributed by atoms with Crippen LogP contribution >= 0.6 is 11.8 Å². The number of aryl methyl sites for hydroxylation is 1. The van der Waals surface area contributed by atoms with Gasteiger partial charge in [0.25, 0.3) is 5.22 Å². The Morgan fingerprint density at radius 3 is 2.62 bits per heavy atom. The molecule has 0 N–H and O–H groups in total. The molecular formula is C18H15N3O2S. The Kier molecular flexibility index (Phi) is 4.29. The highest BCUT2D eigenvalue weighted by Gasteiger charge is 2.09. The molecular weight excluding hydrogens is 322 g/mol. The SMILES string of the molecule is c1ccc(-c2noc(CCCSc3nc4ccccc4o3)n2)cc1. The van der Waals surface area contributed by atoms with E-state index in [-0.39, 0.29) is 0 Å². The van der Waals surface area contributed by atoms with Crippen molar-refractivity contribution in [3.8, 4) is 11.4 Å².